The van der Waals surface area contributed by atoms with Crippen molar-refractivity contribution in [1.29, 1.82) is 5.26 Å². The number of halogens is 1. The van der Waals surface area contributed by atoms with Crippen molar-refractivity contribution in [1.82, 2.24) is 0 Å². The summed E-state index contributed by atoms with van der Waals surface area (Å²) in [7, 11) is 0. The molecule has 0 spiro atoms. The number of nitriles is 1. The first-order valence-electron chi connectivity index (χ1n) is 9.45. The first-order chi connectivity index (χ1) is 14.2. The van der Waals surface area contributed by atoms with Crippen molar-refractivity contribution >= 4 is 33.1 Å². The molecule has 0 aromatic heterocycles. The molecule has 5 aromatic carbocycles. The van der Waals surface area contributed by atoms with Gasteiger partial charge in [-0.15, -0.1) is 0 Å². The second-order valence-corrected chi connectivity index (χ2v) is 7.55. The Morgan fingerprint density at radius 1 is 0.586 bits per heavy atom. The molecule has 0 saturated heterocycles. The smallest absolute Gasteiger partial charge is 0.0991 e. The van der Waals surface area contributed by atoms with Crippen LogP contribution in [0, 0.1) is 11.3 Å². The zero-order chi connectivity index (χ0) is 19.8. The highest BCUT2D eigenvalue weighted by Crippen LogP contribution is 2.37. The summed E-state index contributed by atoms with van der Waals surface area (Å²) in [5, 5.41) is 14.7. The normalized spacial score (nSPS) is 10.9. The highest BCUT2D eigenvalue weighted by atomic mass is 35.5. The molecule has 0 saturated carbocycles. The standard InChI is InChI=1S/C27H16ClN/c28-23-14-21(19-11-9-18(17-29)10-12-19)13-22(15-23)27-16-20-5-1-2-6-24(20)25-7-3-4-8-26(25)27/h1-16H. The lowest BCUT2D eigenvalue weighted by Crippen LogP contribution is -1.87. The third-order valence-electron chi connectivity index (χ3n) is 5.32. The van der Waals surface area contributed by atoms with Crippen LogP contribution >= 0.6 is 11.6 Å². The Hall–Kier alpha value is -3.60. The molecule has 0 amide bonds. The van der Waals surface area contributed by atoms with Gasteiger partial charge in [-0.2, -0.15) is 5.26 Å². The molecule has 1 nitrogen and oxygen atoms in total. The highest BCUT2D eigenvalue weighted by Gasteiger charge is 2.10. The molecular weight excluding hydrogens is 374 g/mol. The lowest BCUT2D eigenvalue weighted by atomic mass is 9.92. The summed E-state index contributed by atoms with van der Waals surface area (Å²) in [6, 6.07) is 35.1. The molecule has 0 atom stereocenters. The van der Waals surface area contributed by atoms with Gasteiger partial charge in [0, 0.05) is 5.02 Å². The third-order valence-corrected chi connectivity index (χ3v) is 5.54. The molecular formula is C27H16ClN. The van der Waals surface area contributed by atoms with Gasteiger partial charge < -0.3 is 0 Å². The van der Waals surface area contributed by atoms with Crippen LogP contribution < -0.4 is 0 Å². The zero-order valence-corrected chi connectivity index (χ0v) is 16.3. The van der Waals surface area contributed by atoms with Crippen molar-refractivity contribution in [3.63, 3.8) is 0 Å². The van der Waals surface area contributed by atoms with Crippen LogP contribution in [0.5, 0.6) is 0 Å². The van der Waals surface area contributed by atoms with Crippen molar-refractivity contribution in [2.24, 2.45) is 0 Å². The number of fused-ring (bicyclic) bond motifs is 3. The summed E-state index contributed by atoms with van der Waals surface area (Å²) in [4.78, 5) is 0. The number of benzene rings is 5. The molecule has 0 radical (unpaired) electrons. The van der Waals surface area contributed by atoms with E-state index in [1.165, 1.54) is 21.5 Å². The van der Waals surface area contributed by atoms with Crippen LogP contribution in [0.3, 0.4) is 0 Å². The van der Waals surface area contributed by atoms with Gasteiger partial charge in [-0.05, 0) is 80.2 Å². The Labute approximate surface area is 174 Å². The summed E-state index contributed by atoms with van der Waals surface area (Å²) in [5.41, 5.74) is 4.97. The number of nitrogens with zero attached hydrogens (tertiary/aromatic N) is 1. The molecule has 0 N–H and O–H groups in total. The number of rotatable bonds is 2. The fourth-order valence-corrected chi connectivity index (χ4v) is 4.18. The van der Waals surface area contributed by atoms with Crippen LogP contribution in [-0.4, -0.2) is 0 Å². The van der Waals surface area contributed by atoms with Gasteiger partial charge in [0.1, 0.15) is 0 Å². The molecule has 0 aliphatic carbocycles. The van der Waals surface area contributed by atoms with Gasteiger partial charge in [-0.1, -0.05) is 72.3 Å². The van der Waals surface area contributed by atoms with E-state index in [0.717, 1.165) is 22.3 Å². The average Bonchev–Trinajstić information content (AvgIpc) is 2.78. The van der Waals surface area contributed by atoms with E-state index >= 15 is 0 Å². The Morgan fingerprint density at radius 2 is 1.24 bits per heavy atom. The van der Waals surface area contributed by atoms with E-state index < -0.39 is 0 Å². The first kappa shape index (κ1) is 17.5. The lowest BCUT2D eigenvalue weighted by molar-refractivity contribution is 1.48. The maximum absolute atomic E-state index is 9.05. The molecule has 0 heterocycles. The Balaban J connectivity index is 1.76. The molecule has 29 heavy (non-hydrogen) atoms. The third kappa shape index (κ3) is 3.14. The number of hydrogen-bond donors (Lipinski definition) is 0. The maximum atomic E-state index is 9.05. The first-order valence-corrected chi connectivity index (χ1v) is 9.83. The Bertz CT molecular complexity index is 1410. The second kappa shape index (κ2) is 7.09. The van der Waals surface area contributed by atoms with E-state index in [2.05, 4.69) is 66.7 Å². The van der Waals surface area contributed by atoms with Gasteiger partial charge in [-0.3, -0.25) is 0 Å². The molecule has 0 aliphatic rings. The highest BCUT2D eigenvalue weighted by molar-refractivity contribution is 6.31. The fourth-order valence-electron chi connectivity index (χ4n) is 3.94. The van der Waals surface area contributed by atoms with Gasteiger partial charge >= 0.3 is 0 Å². The minimum atomic E-state index is 0.650. The summed E-state index contributed by atoms with van der Waals surface area (Å²) in [6.07, 6.45) is 0. The van der Waals surface area contributed by atoms with E-state index in [9.17, 15) is 0 Å². The fraction of sp³-hybridized carbons (Fsp3) is 0. The van der Waals surface area contributed by atoms with Gasteiger partial charge in [0.2, 0.25) is 0 Å². The van der Waals surface area contributed by atoms with Crippen molar-refractivity contribution in [3.05, 3.63) is 108 Å². The van der Waals surface area contributed by atoms with Gasteiger partial charge in [0.05, 0.1) is 11.6 Å². The minimum Gasteiger partial charge on any atom is -0.192 e. The van der Waals surface area contributed by atoms with Gasteiger partial charge in [0.15, 0.2) is 0 Å². The summed E-state index contributed by atoms with van der Waals surface area (Å²) >= 11 is 6.53. The van der Waals surface area contributed by atoms with Crippen molar-refractivity contribution in [3.8, 4) is 28.3 Å². The van der Waals surface area contributed by atoms with E-state index in [4.69, 9.17) is 16.9 Å². The predicted octanol–water partition coefficient (Wildman–Crippen LogP) is 7.85. The molecule has 0 fully saturated rings. The van der Waals surface area contributed by atoms with E-state index in [0.29, 0.717) is 10.6 Å². The van der Waals surface area contributed by atoms with Crippen LogP contribution in [-0.2, 0) is 0 Å². The molecule has 136 valence electrons. The maximum Gasteiger partial charge on any atom is 0.0991 e. The molecule has 0 bridgehead atoms. The van der Waals surface area contributed by atoms with Crippen LogP contribution in [0.15, 0.2) is 97.1 Å². The zero-order valence-electron chi connectivity index (χ0n) is 15.6. The molecule has 0 unspecified atom stereocenters. The van der Waals surface area contributed by atoms with Crippen molar-refractivity contribution in [2.45, 2.75) is 0 Å². The largest absolute Gasteiger partial charge is 0.192 e. The average molecular weight is 390 g/mol. The van der Waals surface area contributed by atoms with E-state index in [1.807, 2.05) is 36.4 Å². The van der Waals surface area contributed by atoms with E-state index in [-0.39, 0.29) is 0 Å². The van der Waals surface area contributed by atoms with E-state index in [1.54, 1.807) is 0 Å². The second-order valence-electron chi connectivity index (χ2n) is 7.11. The predicted molar refractivity (Wildman–Crippen MR) is 122 cm³/mol. The monoisotopic (exact) mass is 389 g/mol. The van der Waals surface area contributed by atoms with Crippen LogP contribution in [0.2, 0.25) is 5.02 Å². The summed E-state index contributed by atoms with van der Waals surface area (Å²) in [5.74, 6) is 0. The lowest BCUT2D eigenvalue weighted by Gasteiger charge is -2.13. The summed E-state index contributed by atoms with van der Waals surface area (Å²) in [6.45, 7) is 0. The Kier molecular flexibility index (Phi) is 4.28. The van der Waals surface area contributed by atoms with Gasteiger partial charge in [-0.25, -0.2) is 0 Å². The molecule has 0 aliphatic heterocycles. The number of hydrogen-bond acceptors (Lipinski definition) is 1. The topological polar surface area (TPSA) is 23.8 Å². The quantitative estimate of drug-likeness (QED) is 0.282. The van der Waals surface area contributed by atoms with Crippen molar-refractivity contribution in [2.75, 3.05) is 0 Å². The molecule has 5 aromatic rings. The van der Waals surface area contributed by atoms with Gasteiger partial charge in [0.25, 0.3) is 0 Å². The van der Waals surface area contributed by atoms with Crippen molar-refractivity contribution < 1.29 is 0 Å². The Morgan fingerprint density at radius 3 is 2.00 bits per heavy atom. The van der Waals surface area contributed by atoms with Crippen LogP contribution in [0.1, 0.15) is 5.56 Å². The molecule has 5 rings (SSSR count). The summed E-state index contributed by atoms with van der Waals surface area (Å²) < 4.78 is 0. The minimum absolute atomic E-state index is 0.650. The molecule has 2 heteroatoms. The van der Waals surface area contributed by atoms with Crippen LogP contribution in [0.25, 0.3) is 43.8 Å². The SMILES string of the molecule is N#Cc1ccc(-c2cc(Cl)cc(-c3cc4ccccc4c4ccccc34)c2)cc1. The van der Waals surface area contributed by atoms with Crippen LogP contribution in [0.4, 0.5) is 0 Å².